The predicted octanol–water partition coefficient (Wildman–Crippen LogP) is 2.24. The number of aromatic nitrogens is 1. The van der Waals surface area contributed by atoms with E-state index in [0.29, 0.717) is 0 Å². The molecule has 9 heteroatoms. The molecule has 0 fully saturated rings. The first-order valence-electron chi connectivity index (χ1n) is 4.68. The van der Waals surface area contributed by atoms with E-state index in [2.05, 4.69) is 9.72 Å². The van der Waals surface area contributed by atoms with Crippen LogP contribution in [0, 0.1) is 16.1 Å². The Kier molecular flexibility index (Phi) is 4.18. The molecule has 0 aliphatic carbocycles. The van der Waals surface area contributed by atoms with E-state index in [1.165, 1.54) is 6.92 Å². The third kappa shape index (κ3) is 2.73. The van der Waals surface area contributed by atoms with Gasteiger partial charge in [0.25, 0.3) is 12.1 Å². The van der Waals surface area contributed by atoms with Crippen molar-refractivity contribution < 1.29 is 27.6 Å². The van der Waals surface area contributed by atoms with Crippen LogP contribution in [0.2, 0.25) is 0 Å². The Bertz CT molecular complexity index is 493. The van der Waals surface area contributed by atoms with Gasteiger partial charge in [0, 0.05) is 0 Å². The molecule has 0 saturated heterocycles. The van der Waals surface area contributed by atoms with E-state index in [1.807, 2.05) is 0 Å². The van der Waals surface area contributed by atoms with Crippen molar-refractivity contribution >= 4 is 11.7 Å². The van der Waals surface area contributed by atoms with Crippen LogP contribution >= 0.6 is 0 Å². The minimum absolute atomic E-state index is 0.171. The van der Waals surface area contributed by atoms with Crippen LogP contribution in [0.4, 0.5) is 18.9 Å². The molecule has 0 amide bonds. The highest BCUT2D eigenvalue weighted by molar-refractivity contribution is 5.95. The fourth-order valence-electron chi connectivity index (χ4n) is 1.23. The number of nitro groups is 1. The monoisotopic (exact) mass is 264 g/mol. The lowest BCUT2D eigenvalue weighted by Crippen LogP contribution is -2.14. The van der Waals surface area contributed by atoms with Crippen molar-refractivity contribution in [3.63, 3.8) is 0 Å². The molecule has 0 spiro atoms. The minimum Gasteiger partial charge on any atom is -0.462 e. The summed E-state index contributed by atoms with van der Waals surface area (Å²) in [6.07, 6.45) is -3.33. The van der Waals surface area contributed by atoms with Crippen molar-refractivity contribution in [3.05, 3.63) is 33.4 Å². The Balaban J connectivity index is 3.50. The third-order valence-electron chi connectivity index (χ3n) is 1.88. The van der Waals surface area contributed by atoms with Crippen LogP contribution in [-0.2, 0) is 4.74 Å². The smallest absolute Gasteiger partial charge is 0.347 e. The first-order chi connectivity index (χ1) is 8.38. The maximum atomic E-state index is 12.9. The van der Waals surface area contributed by atoms with Crippen LogP contribution in [-0.4, -0.2) is 22.5 Å². The summed E-state index contributed by atoms with van der Waals surface area (Å²) in [4.78, 5) is 23.6. The Morgan fingerprint density at radius 2 is 2.22 bits per heavy atom. The van der Waals surface area contributed by atoms with E-state index < -0.39 is 40.2 Å². The number of ether oxygens (including phenoxy) is 1. The van der Waals surface area contributed by atoms with Gasteiger partial charge in [-0.3, -0.25) is 10.1 Å². The lowest BCUT2D eigenvalue weighted by molar-refractivity contribution is -0.385. The van der Waals surface area contributed by atoms with E-state index in [4.69, 9.17) is 0 Å². The minimum atomic E-state index is -3.33. The fourth-order valence-corrected chi connectivity index (χ4v) is 1.23. The Morgan fingerprint density at radius 3 is 2.67 bits per heavy atom. The molecular formula is C9H7F3N2O4. The van der Waals surface area contributed by atoms with Gasteiger partial charge in [-0.25, -0.2) is 18.6 Å². The fraction of sp³-hybridized carbons (Fsp3) is 0.333. The molecule has 1 aromatic heterocycles. The lowest BCUT2D eigenvalue weighted by atomic mass is 10.1. The molecule has 0 bridgehead atoms. The molecule has 18 heavy (non-hydrogen) atoms. The van der Waals surface area contributed by atoms with Crippen LogP contribution in [0.5, 0.6) is 0 Å². The first kappa shape index (κ1) is 13.9. The number of rotatable bonds is 4. The summed E-state index contributed by atoms with van der Waals surface area (Å²) in [5.41, 5.74) is -3.44. The number of hydrogen-bond acceptors (Lipinski definition) is 5. The van der Waals surface area contributed by atoms with E-state index in [0.717, 1.165) is 0 Å². The topological polar surface area (TPSA) is 82.3 Å². The number of nitrogens with zero attached hydrogens (tertiary/aromatic N) is 2. The van der Waals surface area contributed by atoms with Crippen LogP contribution in [0.25, 0.3) is 0 Å². The van der Waals surface area contributed by atoms with Gasteiger partial charge in [-0.1, -0.05) is 0 Å². The van der Waals surface area contributed by atoms with E-state index in [9.17, 15) is 28.1 Å². The third-order valence-corrected chi connectivity index (χ3v) is 1.88. The molecule has 1 rings (SSSR count). The van der Waals surface area contributed by atoms with Gasteiger partial charge >= 0.3 is 5.97 Å². The van der Waals surface area contributed by atoms with Gasteiger partial charge in [-0.05, 0) is 6.92 Å². The summed E-state index contributed by atoms with van der Waals surface area (Å²) in [6.45, 7) is 1.22. The highest BCUT2D eigenvalue weighted by Crippen LogP contribution is 2.29. The molecule has 1 aromatic rings. The van der Waals surface area contributed by atoms with Crippen molar-refractivity contribution in [1.82, 2.24) is 4.98 Å². The summed E-state index contributed by atoms with van der Waals surface area (Å²) < 4.78 is 42.5. The summed E-state index contributed by atoms with van der Waals surface area (Å²) in [5.74, 6) is -2.81. The van der Waals surface area contributed by atoms with Gasteiger partial charge in [0.2, 0.25) is 5.95 Å². The van der Waals surface area contributed by atoms with Crippen LogP contribution in [0.1, 0.15) is 29.4 Å². The zero-order valence-electron chi connectivity index (χ0n) is 9.02. The normalized spacial score (nSPS) is 10.5. The Labute approximate surface area is 98.5 Å². The number of halogens is 3. The van der Waals surface area contributed by atoms with Crippen LogP contribution in [0.15, 0.2) is 6.07 Å². The molecule has 0 saturated carbocycles. The van der Waals surface area contributed by atoms with Crippen molar-refractivity contribution in [3.8, 4) is 0 Å². The molecule has 0 N–H and O–H groups in total. The zero-order valence-corrected chi connectivity index (χ0v) is 9.02. The average Bonchev–Trinajstić information content (AvgIpc) is 2.27. The summed E-state index contributed by atoms with van der Waals surface area (Å²) >= 11 is 0. The van der Waals surface area contributed by atoms with Gasteiger partial charge in [0.1, 0.15) is 5.69 Å². The highest BCUT2D eigenvalue weighted by atomic mass is 19.3. The first-order valence-corrected chi connectivity index (χ1v) is 4.68. The molecule has 0 aliphatic heterocycles. The largest absolute Gasteiger partial charge is 0.462 e. The SMILES string of the molecule is CCOC(=O)c1c([N+](=O)[O-])cc(F)nc1C(F)F. The van der Waals surface area contributed by atoms with Gasteiger partial charge in [-0.2, -0.15) is 4.39 Å². The molecule has 6 nitrogen and oxygen atoms in total. The van der Waals surface area contributed by atoms with E-state index in [1.54, 1.807) is 0 Å². The molecule has 1 heterocycles. The van der Waals surface area contributed by atoms with Gasteiger partial charge in [-0.15, -0.1) is 0 Å². The van der Waals surface area contributed by atoms with Crippen molar-refractivity contribution in [2.75, 3.05) is 6.61 Å². The second-order valence-corrected chi connectivity index (χ2v) is 3.00. The zero-order chi connectivity index (χ0) is 13.9. The summed E-state index contributed by atoms with van der Waals surface area (Å²) in [6, 6.07) is 0.290. The number of carbonyl (C=O) groups is 1. The molecule has 0 unspecified atom stereocenters. The van der Waals surface area contributed by atoms with Gasteiger partial charge in [0.15, 0.2) is 5.56 Å². The standard InChI is InChI=1S/C9H7F3N2O4/c1-2-18-9(15)6-4(14(16)17)3-5(10)13-7(6)8(11)12/h3,8H,2H2,1H3. The number of carbonyl (C=O) groups excluding carboxylic acids is 1. The average molecular weight is 264 g/mol. The highest BCUT2D eigenvalue weighted by Gasteiger charge is 2.32. The molecule has 0 radical (unpaired) electrons. The number of hydrogen-bond donors (Lipinski definition) is 0. The van der Waals surface area contributed by atoms with Gasteiger partial charge in [0.05, 0.1) is 17.6 Å². The number of pyridine rings is 1. The van der Waals surface area contributed by atoms with Crippen molar-refractivity contribution in [1.29, 1.82) is 0 Å². The van der Waals surface area contributed by atoms with E-state index in [-0.39, 0.29) is 12.7 Å². The predicted molar refractivity (Wildman–Crippen MR) is 51.8 cm³/mol. The van der Waals surface area contributed by atoms with Gasteiger partial charge < -0.3 is 4.74 Å². The molecule has 0 aliphatic rings. The second-order valence-electron chi connectivity index (χ2n) is 3.00. The van der Waals surface area contributed by atoms with Crippen molar-refractivity contribution in [2.45, 2.75) is 13.3 Å². The quantitative estimate of drug-likeness (QED) is 0.360. The molecular weight excluding hydrogens is 257 g/mol. The van der Waals surface area contributed by atoms with Crippen LogP contribution < -0.4 is 0 Å². The number of alkyl halides is 2. The Morgan fingerprint density at radius 1 is 1.61 bits per heavy atom. The summed E-state index contributed by atoms with van der Waals surface area (Å²) in [7, 11) is 0. The summed E-state index contributed by atoms with van der Waals surface area (Å²) in [5, 5.41) is 10.6. The lowest BCUT2D eigenvalue weighted by Gasteiger charge is -2.07. The van der Waals surface area contributed by atoms with Crippen LogP contribution in [0.3, 0.4) is 0 Å². The van der Waals surface area contributed by atoms with E-state index >= 15 is 0 Å². The van der Waals surface area contributed by atoms with Crippen molar-refractivity contribution in [2.24, 2.45) is 0 Å². The second kappa shape index (κ2) is 5.43. The molecule has 98 valence electrons. The molecule has 0 aromatic carbocycles. The molecule has 0 atom stereocenters. The Hall–Kier alpha value is -2.19. The number of esters is 1. The maximum Gasteiger partial charge on any atom is 0.347 e. The maximum absolute atomic E-state index is 12.9.